The topological polar surface area (TPSA) is 117 Å². The van der Waals surface area contributed by atoms with E-state index in [9.17, 15) is 27.7 Å². The summed E-state index contributed by atoms with van der Waals surface area (Å²) in [4.78, 5) is 25.4. The number of hydrogen-bond acceptors (Lipinski definition) is 7. The third kappa shape index (κ3) is 4.67. The Hall–Kier alpha value is -2.81. The number of amides is 1. The first-order chi connectivity index (χ1) is 15.2. The van der Waals surface area contributed by atoms with Gasteiger partial charge in [0.2, 0.25) is 10.0 Å². The zero-order valence-corrected chi connectivity index (χ0v) is 19.2. The highest BCUT2D eigenvalue weighted by Gasteiger charge is 2.26. The molecule has 0 atom stereocenters. The molecule has 1 aliphatic carbocycles. The molecule has 32 heavy (non-hydrogen) atoms. The molecule has 170 valence electrons. The molecule has 0 fully saturated rings. The van der Waals surface area contributed by atoms with Crippen molar-refractivity contribution in [1.82, 2.24) is 4.31 Å². The normalized spacial score (nSPS) is 13.0. The minimum Gasteiger partial charge on any atom is -0.452 e. The summed E-state index contributed by atoms with van der Waals surface area (Å²) in [5.41, 5.74) is 0.777. The van der Waals surface area contributed by atoms with Gasteiger partial charge >= 0.3 is 5.97 Å². The van der Waals surface area contributed by atoms with Crippen molar-refractivity contribution in [3.63, 3.8) is 0 Å². The Kier molecular flexibility index (Phi) is 7.28. The van der Waals surface area contributed by atoms with Gasteiger partial charge in [0.15, 0.2) is 6.61 Å². The maximum absolute atomic E-state index is 14.2. The summed E-state index contributed by atoms with van der Waals surface area (Å²) in [5.74, 6) is -2.80. The first kappa shape index (κ1) is 23.8. The van der Waals surface area contributed by atoms with Crippen molar-refractivity contribution in [3.8, 4) is 6.07 Å². The fourth-order valence-electron chi connectivity index (χ4n) is 3.52. The van der Waals surface area contributed by atoms with Gasteiger partial charge in [-0.15, -0.1) is 11.3 Å². The second-order valence-corrected chi connectivity index (χ2v) is 10.1. The average molecular weight is 480 g/mol. The third-order valence-corrected chi connectivity index (χ3v) is 8.37. The van der Waals surface area contributed by atoms with E-state index in [4.69, 9.17) is 4.74 Å². The Morgan fingerprint density at radius 1 is 1.28 bits per heavy atom. The number of fused-ring (bicyclic) bond motifs is 1. The molecule has 1 N–H and O–H groups in total. The summed E-state index contributed by atoms with van der Waals surface area (Å²) < 4.78 is 45.5. The van der Waals surface area contributed by atoms with Gasteiger partial charge in [0.25, 0.3) is 5.91 Å². The number of carbonyl (C=O) groups is 2. The molecule has 1 aromatic heterocycles. The number of esters is 1. The van der Waals surface area contributed by atoms with Crippen molar-refractivity contribution in [2.45, 2.75) is 38.0 Å². The number of hydrogen-bond donors (Lipinski definition) is 1. The van der Waals surface area contributed by atoms with Gasteiger partial charge in [-0.25, -0.2) is 17.6 Å². The van der Waals surface area contributed by atoms with Crippen molar-refractivity contribution in [2.75, 3.05) is 25.0 Å². The van der Waals surface area contributed by atoms with Crippen LogP contribution in [0.2, 0.25) is 0 Å². The number of aryl methyl sites for hydroxylation is 1. The molecule has 0 aliphatic heterocycles. The van der Waals surface area contributed by atoms with Crippen LogP contribution in [0.4, 0.5) is 9.39 Å². The van der Waals surface area contributed by atoms with Crippen LogP contribution in [0.25, 0.3) is 0 Å². The summed E-state index contributed by atoms with van der Waals surface area (Å²) in [6, 6.07) is 4.95. The molecule has 0 unspecified atom stereocenters. The van der Waals surface area contributed by atoms with E-state index in [2.05, 4.69) is 11.4 Å². The zero-order chi connectivity index (χ0) is 23.5. The van der Waals surface area contributed by atoms with Gasteiger partial charge in [-0.05, 0) is 43.0 Å². The molecule has 0 saturated heterocycles. The molecule has 0 spiro atoms. The molecule has 2 aromatic rings. The van der Waals surface area contributed by atoms with E-state index >= 15 is 0 Å². The van der Waals surface area contributed by atoms with Gasteiger partial charge in [-0.3, -0.25) is 4.79 Å². The Bertz CT molecular complexity index is 1200. The number of benzene rings is 1. The number of sulfonamides is 1. The fraction of sp³-hybridized carbons (Fsp3) is 0.381. The number of nitrogens with one attached hydrogen (secondary N) is 1. The van der Waals surface area contributed by atoms with Crippen molar-refractivity contribution in [1.29, 1.82) is 5.26 Å². The van der Waals surface area contributed by atoms with E-state index in [0.29, 0.717) is 10.6 Å². The predicted molar refractivity (Wildman–Crippen MR) is 116 cm³/mol. The lowest BCUT2D eigenvalue weighted by molar-refractivity contribution is -0.119. The second kappa shape index (κ2) is 9.77. The van der Waals surface area contributed by atoms with E-state index in [1.165, 1.54) is 15.6 Å². The summed E-state index contributed by atoms with van der Waals surface area (Å²) in [6.45, 7) is 3.05. The van der Waals surface area contributed by atoms with Gasteiger partial charge < -0.3 is 10.1 Å². The van der Waals surface area contributed by atoms with Gasteiger partial charge in [0.05, 0.1) is 16.0 Å². The second-order valence-electron chi connectivity index (χ2n) is 7.03. The number of nitrogens with zero attached hydrogens (tertiary/aromatic N) is 2. The van der Waals surface area contributed by atoms with Crippen LogP contribution in [0.15, 0.2) is 23.1 Å². The van der Waals surface area contributed by atoms with Crippen molar-refractivity contribution in [3.05, 3.63) is 45.6 Å². The molecule has 1 aliphatic rings. The molecule has 0 saturated carbocycles. The number of halogens is 1. The molecule has 8 nitrogen and oxygen atoms in total. The Morgan fingerprint density at radius 2 is 2.00 bits per heavy atom. The minimum absolute atomic E-state index is 0.215. The number of carbonyl (C=O) groups excluding carboxylic acids is 2. The van der Waals surface area contributed by atoms with Crippen LogP contribution in [0.1, 0.15) is 46.6 Å². The molecule has 3 rings (SSSR count). The van der Waals surface area contributed by atoms with E-state index in [0.717, 1.165) is 47.9 Å². The van der Waals surface area contributed by atoms with Crippen LogP contribution in [-0.4, -0.2) is 44.3 Å². The summed E-state index contributed by atoms with van der Waals surface area (Å²) in [6.07, 6.45) is 2.60. The molecule has 1 heterocycles. The monoisotopic (exact) mass is 479 g/mol. The third-order valence-electron chi connectivity index (χ3n) is 5.12. The standard InChI is InChI=1S/C21H22FN3O5S2/c1-3-25(4-2)32(28,29)13-8-9-17(22)15(10-13)21(27)30-12-19(26)24-20-16(11-23)14-6-5-7-18(14)31-20/h8-10H,3-7,12H2,1-2H3,(H,24,26). The van der Waals surface area contributed by atoms with Crippen LogP contribution in [0.3, 0.4) is 0 Å². The van der Waals surface area contributed by atoms with Crippen molar-refractivity contribution >= 4 is 38.2 Å². The highest BCUT2D eigenvalue weighted by Crippen LogP contribution is 2.38. The molecule has 0 bridgehead atoms. The number of thiophene rings is 1. The number of anilines is 1. The van der Waals surface area contributed by atoms with Gasteiger partial charge in [0.1, 0.15) is 16.9 Å². The molecule has 11 heteroatoms. The van der Waals surface area contributed by atoms with Crippen molar-refractivity contribution in [2.24, 2.45) is 0 Å². The quantitative estimate of drug-likeness (QED) is 0.582. The maximum atomic E-state index is 14.2. The molecular formula is C21H22FN3O5S2. The smallest absolute Gasteiger partial charge is 0.341 e. The van der Waals surface area contributed by atoms with Crippen LogP contribution < -0.4 is 5.32 Å². The molecular weight excluding hydrogens is 457 g/mol. The van der Waals surface area contributed by atoms with E-state index in [1.54, 1.807) is 13.8 Å². The highest BCUT2D eigenvalue weighted by atomic mass is 32.2. The lowest BCUT2D eigenvalue weighted by atomic mass is 10.1. The van der Waals surface area contributed by atoms with Crippen LogP contribution >= 0.6 is 11.3 Å². The first-order valence-corrected chi connectivity index (χ1v) is 12.3. The number of rotatable bonds is 8. The number of nitriles is 1. The summed E-state index contributed by atoms with van der Waals surface area (Å²) in [5, 5.41) is 12.3. The molecule has 1 aromatic carbocycles. The lowest BCUT2D eigenvalue weighted by Gasteiger charge is -2.18. The van der Waals surface area contributed by atoms with E-state index in [1.807, 2.05) is 0 Å². The first-order valence-electron chi connectivity index (χ1n) is 10.0. The van der Waals surface area contributed by atoms with Crippen LogP contribution in [0, 0.1) is 17.1 Å². The maximum Gasteiger partial charge on any atom is 0.341 e. The predicted octanol–water partition coefficient (Wildman–Crippen LogP) is 3.07. The van der Waals surface area contributed by atoms with Crippen LogP contribution in [0.5, 0.6) is 0 Å². The minimum atomic E-state index is -3.90. The Balaban J connectivity index is 1.70. The lowest BCUT2D eigenvalue weighted by Crippen LogP contribution is -2.30. The average Bonchev–Trinajstić information content (AvgIpc) is 3.33. The zero-order valence-electron chi connectivity index (χ0n) is 17.6. The summed E-state index contributed by atoms with van der Waals surface area (Å²) >= 11 is 1.32. The SMILES string of the molecule is CCN(CC)S(=O)(=O)c1ccc(F)c(C(=O)OCC(=O)Nc2sc3c(c2C#N)CCC3)c1. The van der Waals surface area contributed by atoms with Gasteiger partial charge in [-0.1, -0.05) is 13.8 Å². The molecule has 0 radical (unpaired) electrons. The van der Waals surface area contributed by atoms with Gasteiger partial charge in [0, 0.05) is 18.0 Å². The van der Waals surface area contributed by atoms with Gasteiger partial charge in [-0.2, -0.15) is 9.57 Å². The van der Waals surface area contributed by atoms with Crippen molar-refractivity contribution < 1.29 is 27.1 Å². The Labute approximate surface area is 189 Å². The Morgan fingerprint density at radius 3 is 2.66 bits per heavy atom. The fourth-order valence-corrected chi connectivity index (χ4v) is 6.26. The van der Waals surface area contributed by atoms with Crippen LogP contribution in [-0.2, 0) is 32.4 Å². The largest absolute Gasteiger partial charge is 0.452 e. The van der Waals surface area contributed by atoms with E-state index in [-0.39, 0.29) is 18.0 Å². The molecule has 1 amide bonds. The number of ether oxygens (including phenoxy) is 1. The highest BCUT2D eigenvalue weighted by molar-refractivity contribution is 7.89. The van der Waals surface area contributed by atoms with E-state index < -0.39 is 39.9 Å². The summed E-state index contributed by atoms with van der Waals surface area (Å²) in [7, 11) is -3.90.